The molecule has 1 fully saturated rings. The Balaban J connectivity index is 1.66. The Hall–Kier alpha value is -2.62. The van der Waals surface area contributed by atoms with Crippen LogP contribution >= 0.6 is 0 Å². The van der Waals surface area contributed by atoms with Gasteiger partial charge in [-0.05, 0) is 23.3 Å². The monoisotopic (exact) mass is 295 g/mol. The van der Waals surface area contributed by atoms with E-state index in [0.717, 1.165) is 16.9 Å². The summed E-state index contributed by atoms with van der Waals surface area (Å²) in [6, 6.07) is 17.3. The fourth-order valence-corrected chi connectivity index (χ4v) is 2.55. The van der Waals surface area contributed by atoms with E-state index in [1.165, 1.54) is 11.9 Å². The van der Waals surface area contributed by atoms with Gasteiger partial charge in [-0.2, -0.15) is 0 Å². The summed E-state index contributed by atoms with van der Waals surface area (Å²) in [5.74, 6) is 0.126. The fraction of sp³-hybridized carbons (Fsp3) is 0.222. The van der Waals surface area contributed by atoms with Crippen LogP contribution in [0.3, 0.4) is 0 Å². The van der Waals surface area contributed by atoms with Gasteiger partial charge in [-0.15, -0.1) is 0 Å². The van der Waals surface area contributed by atoms with Crippen LogP contribution in [0.4, 0.5) is 0 Å². The second-order valence-corrected chi connectivity index (χ2v) is 5.39. The van der Waals surface area contributed by atoms with Gasteiger partial charge in [0.1, 0.15) is 12.4 Å². The molecule has 4 nitrogen and oxygen atoms in total. The van der Waals surface area contributed by atoms with Gasteiger partial charge in [0.15, 0.2) is 0 Å². The normalized spacial score (nSPS) is 17.9. The average molecular weight is 295 g/mol. The first kappa shape index (κ1) is 14.3. The van der Waals surface area contributed by atoms with Crippen molar-refractivity contribution in [1.82, 2.24) is 4.90 Å². The topological polar surface area (TPSA) is 46.6 Å². The van der Waals surface area contributed by atoms with Crippen molar-refractivity contribution in [1.29, 1.82) is 0 Å². The van der Waals surface area contributed by atoms with Gasteiger partial charge in [-0.1, -0.05) is 42.5 Å². The highest BCUT2D eigenvalue weighted by Crippen LogP contribution is 2.29. The molecule has 0 radical (unpaired) electrons. The van der Waals surface area contributed by atoms with Crippen molar-refractivity contribution in [2.45, 2.75) is 18.9 Å². The molecule has 0 N–H and O–H groups in total. The molecule has 1 atom stereocenters. The number of hydrogen-bond donors (Lipinski definition) is 0. The number of rotatable bonds is 4. The maximum absolute atomic E-state index is 12.0. The van der Waals surface area contributed by atoms with Crippen molar-refractivity contribution in [3.63, 3.8) is 0 Å². The summed E-state index contributed by atoms with van der Waals surface area (Å²) in [5, 5.41) is 0. The van der Waals surface area contributed by atoms with Crippen LogP contribution in [-0.2, 0) is 16.2 Å². The van der Waals surface area contributed by atoms with Crippen molar-refractivity contribution in [2.75, 3.05) is 7.05 Å². The van der Waals surface area contributed by atoms with Crippen LogP contribution in [0.25, 0.3) is 0 Å². The molecule has 0 aromatic heterocycles. The van der Waals surface area contributed by atoms with Gasteiger partial charge < -0.3 is 4.74 Å². The minimum absolute atomic E-state index is 0.126. The van der Waals surface area contributed by atoms with E-state index in [9.17, 15) is 9.59 Å². The molecule has 0 aliphatic carbocycles. The molecule has 1 heterocycles. The van der Waals surface area contributed by atoms with Crippen LogP contribution in [-0.4, -0.2) is 23.8 Å². The smallest absolute Gasteiger partial charge is 0.236 e. The van der Waals surface area contributed by atoms with Crippen LogP contribution < -0.4 is 4.74 Å². The fourth-order valence-electron chi connectivity index (χ4n) is 2.55. The second-order valence-electron chi connectivity index (χ2n) is 5.39. The molecule has 0 saturated carbocycles. The lowest BCUT2D eigenvalue weighted by Crippen LogP contribution is -2.25. The first-order chi connectivity index (χ1) is 10.6. The lowest BCUT2D eigenvalue weighted by Gasteiger charge is -2.11. The van der Waals surface area contributed by atoms with Gasteiger partial charge in [-0.25, -0.2) is 0 Å². The molecule has 1 aliphatic rings. The highest BCUT2D eigenvalue weighted by atomic mass is 16.5. The zero-order valence-corrected chi connectivity index (χ0v) is 12.4. The number of likely N-dealkylation sites (tertiary alicyclic amines) is 1. The van der Waals surface area contributed by atoms with Gasteiger partial charge in [0, 0.05) is 13.5 Å². The van der Waals surface area contributed by atoms with E-state index in [1.54, 1.807) is 0 Å². The zero-order chi connectivity index (χ0) is 15.5. The van der Waals surface area contributed by atoms with Crippen molar-refractivity contribution in [3.8, 4) is 5.75 Å². The molecular weight excluding hydrogens is 278 g/mol. The highest BCUT2D eigenvalue weighted by molar-refractivity contribution is 6.05. The molecule has 2 aromatic carbocycles. The number of imide groups is 1. The minimum atomic E-state index is -0.360. The Morgan fingerprint density at radius 1 is 1.05 bits per heavy atom. The molecule has 3 rings (SSSR count). The standard InChI is InChI=1S/C18H17NO3/c1-19-17(20)11-16(18(19)21)14-7-9-15(10-8-14)22-12-13-5-3-2-4-6-13/h2-10,16H,11-12H2,1H3. The van der Waals surface area contributed by atoms with Crippen LogP contribution in [0, 0.1) is 0 Å². The number of nitrogens with zero attached hydrogens (tertiary/aromatic N) is 1. The summed E-state index contributed by atoms with van der Waals surface area (Å²) < 4.78 is 5.72. The Kier molecular flexibility index (Phi) is 3.92. The lowest BCUT2D eigenvalue weighted by atomic mass is 9.97. The Labute approximate surface area is 129 Å². The lowest BCUT2D eigenvalue weighted by molar-refractivity contribution is -0.137. The summed E-state index contributed by atoms with van der Waals surface area (Å²) in [6.07, 6.45) is 0.250. The summed E-state index contributed by atoms with van der Waals surface area (Å²) >= 11 is 0. The van der Waals surface area contributed by atoms with E-state index in [2.05, 4.69) is 0 Å². The zero-order valence-electron chi connectivity index (χ0n) is 12.4. The molecule has 2 amide bonds. The maximum Gasteiger partial charge on any atom is 0.236 e. The molecule has 1 aliphatic heterocycles. The van der Waals surface area contributed by atoms with Gasteiger partial charge in [0.05, 0.1) is 5.92 Å². The number of carbonyl (C=O) groups is 2. The van der Waals surface area contributed by atoms with Crippen LogP contribution in [0.2, 0.25) is 0 Å². The quantitative estimate of drug-likeness (QED) is 0.815. The average Bonchev–Trinajstić information content (AvgIpc) is 2.82. The van der Waals surface area contributed by atoms with Gasteiger partial charge in [0.25, 0.3) is 0 Å². The molecular formula is C18H17NO3. The third-order valence-corrected chi connectivity index (χ3v) is 3.91. The van der Waals surface area contributed by atoms with Crippen molar-refractivity contribution >= 4 is 11.8 Å². The first-order valence-electron chi connectivity index (χ1n) is 7.22. The summed E-state index contributed by atoms with van der Waals surface area (Å²) in [5.41, 5.74) is 1.96. The van der Waals surface area contributed by atoms with Gasteiger partial charge in [-0.3, -0.25) is 14.5 Å². The SMILES string of the molecule is CN1C(=O)CC(c2ccc(OCc3ccccc3)cc2)C1=O. The van der Waals surface area contributed by atoms with Crippen LogP contribution in [0.1, 0.15) is 23.5 Å². The summed E-state index contributed by atoms with van der Waals surface area (Å²) in [6.45, 7) is 0.504. The van der Waals surface area contributed by atoms with E-state index in [-0.39, 0.29) is 24.2 Å². The molecule has 22 heavy (non-hydrogen) atoms. The largest absolute Gasteiger partial charge is 0.489 e. The Morgan fingerprint density at radius 3 is 2.32 bits per heavy atom. The molecule has 2 aromatic rings. The number of benzene rings is 2. The predicted octanol–water partition coefficient (Wildman–Crippen LogP) is 2.74. The molecule has 4 heteroatoms. The maximum atomic E-state index is 12.0. The van der Waals surface area contributed by atoms with E-state index in [1.807, 2.05) is 54.6 Å². The summed E-state index contributed by atoms with van der Waals surface area (Å²) in [7, 11) is 1.53. The van der Waals surface area contributed by atoms with E-state index >= 15 is 0 Å². The molecule has 1 saturated heterocycles. The van der Waals surface area contributed by atoms with Crippen molar-refractivity contribution < 1.29 is 14.3 Å². The summed E-state index contributed by atoms with van der Waals surface area (Å²) in [4.78, 5) is 24.8. The minimum Gasteiger partial charge on any atom is -0.489 e. The second kappa shape index (κ2) is 6.02. The molecule has 0 spiro atoms. The van der Waals surface area contributed by atoms with Gasteiger partial charge in [0.2, 0.25) is 11.8 Å². The van der Waals surface area contributed by atoms with Crippen molar-refractivity contribution in [2.24, 2.45) is 0 Å². The number of likely N-dealkylation sites (N-methyl/N-ethyl adjacent to an activating group) is 1. The van der Waals surface area contributed by atoms with E-state index < -0.39 is 0 Å². The van der Waals surface area contributed by atoms with Crippen molar-refractivity contribution in [3.05, 3.63) is 65.7 Å². The van der Waals surface area contributed by atoms with Gasteiger partial charge >= 0.3 is 0 Å². The molecule has 0 bridgehead atoms. The molecule has 1 unspecified atom stereocenters. The van der Waals surface area contributed by atoms with E-state index in [4.69, 9.17) is 4.74 Å². The third kappa shape index (κ3) is 2.86. The predicted molar refractivity (Wildman–Crippen MR) is 82.4 cm³/mol. The first-order valence-corrected chi connectivity index (χ1v) is 7.22. The van der Waals surface area contributed by atoms with E-state index in [0.29, 0.717) is 6.61 Å². The Morgan fingerprint density at radius 2 is 1.73 bits per heavy atom. The third-order valence-electron chi connectivity index (χ3n) is 3.91. The molecule has 112 valence electrons. The Bertz CT molecular complexity index is 679. The number of carbonyl (C=O) groups excluding carboxylic acids is 2. The van der Waals surface area contributed by atoms with Crippen LogP contribution in [0.5, 0.6) is 5.75 Å². The number of hydrogen-bond acceptors (Lipinski definition) is 3. The number of ether oxygens (including phenoxy) is 1. The highest BCUT2D eigenvalue weighted by Gasteiger charge is 2.36. The van der Waals surface area contributed by atoms with Crippen LogP contribution in [0.15, 0.2) is 54.6 Å². The number of amides is 2.